The number of hydrogen-bond acceptors (Lipinski definition) is 17. The molecular formula is C22H28FN10O9P2S3+. The number of nitrogens with two attached hydrogens (primary N) is 2. The molecule has 2 saturated heterocycles. The van der Waals surface area contributed by atoms with Gasteiger partial charge in [0.1, 0.15) is 60.7 Å². The molecule has 2 fully saturated rings. The molecule has 4 aromatic heterocycles. The SMILES string of the molecule is CO[C@H]1[C@@H](n2cnc3c(N)ncnc32)O[C@](C)(COP(O)(=S)O[C@@H]2[C@@H](F)[C@@H](CO[P+](=S)S)O[C@H]2n2cnc3c(=O)[nH]c(N)nc32)[C@H]1O. The van der Waals surface area contributed by atoms with E-state index in [0.717, 1.165) is 0 Å². The molecule has 4 aromatic rings. The van der Waals surface area contributed by atoms with Crippen LogP contribution in [0, 0.1) is 0 Å². The van der Waals surface area contributed by atoms with Crippen LogP contribution in [-0.2, 0) is 51.4 Å². The van der Waals surface area contributed by atoms with E-state index in [4.69, 9.17) is 62.9 Å². The Morgan fingerprint density at radius 3 is 2.60 bits per heavy atom. The largest absolute Gasteiger partial charge is 0.411 e. The first-order valence-corrected chi connectivity index (χ1v) is 19.5. The van der Waals surface area contributed by atoms with Crippen molar-refractivity contribution in [1.82, 2.24) is 39.0 Å². The summed E-state index contributed by atoms with van der Waals surface area (Å²) < 4.78 is 53.0. The van der Waals surface area contributed by atoms with Crippen LogP contribution < -0.4 is 17.0 Å². The molecule has 2 aliphatic rings. The highest BCUT2D eigenvalue weighted by molar-refractivity contribution is 8.54. The van der Waals surface area contributed by atoms with Crippen LogP contribution in [0.25, 0.3) is 22.3 Å². The number of fused-ring (bicyclic) bond motifs is 2. The topological polar surface area (TPSA) is 255 Å². The van der Waals surface area contributed by atoms with Crippen LogP contribution in [0.2, 0.25) is 0 Å². The Morgan fingerprint density at radius 1 is 1.19 bits per heavy atom. The standard InChI is InChI=1S/C22H27FN10O9P2S3/c1-22(14(34)13(37-2)20(41-22)32-6-28-10-15(24)26-5-27-16(10)32)4-39-44(36,47)42-12-9(23)8(3-38-43(45)46)40-19(12)33-7-29-11-17(33)30-21(25)31-18(11)35/h5-9,12-14,19-20,34H,3-4H2,1-2H3,(H6-,24,25,26,27,30,31,35,36,45,46,47)/p+1/t8-,9+,12-,13-,14+,19-,20+,22-,44?/m1/s1. The number of anilines is 2. The maximum absolute atomic E-state index is 15.9. The zero-order valence-electron chi connectivity index (χ0n) is 24.3. The van der Waals surface area contributed by atoms with Gasteiger partial charge in [0, 0.05) is 7.11 Å². The predicted molar refractivity (Wildman–Crippen MR) is 173 cm³/mol. The maximum Gasteiger partial charge on any atom is 0.411 e. The molecule has 0 aliphatic carbocycles. The van der Waals surface area contributed by atoms with Gasteiger partial charge in [-0.1, -0.05) is 0 Å². The van der Waals surface area contributed by atoms with Gasteiger partial charge >= 0.3 is 12.8 Å². The highest BCUT2D eigenvalue weighted by Crippen LogP contribution is 2.52. The van der Waals surface area contributed by atoms with Crippen LogP contribution in [0.5, 0.6) is 0 Å². The smallest absolute Gasteiger partial charge is 0.387 e. The minimum atomic E-state index is -4.33. The summed E-state index contributed by atoms with van der Waals surface area (Å²) in [5.74, 6) is -0.0839. The van der Waals surface area contributed by atoms with Crippen molar-refractivity contribution in [2.75, 3.05) is 31.8 Å². The van der Waals surface area contributed by atoms with Crippen LogP contribution in [0.1, 0.15) is 19.4 Å². The lowest BCUT2D eigenvalue weighted by Crippen LogP contribution is -2.44. The average molecular weight is 754 g/mol. The number of alkyl halides is 1. The van der Waals surface area contributed by atoms with Crippen molar-refractivity contribution in [2.45, 2.75) is 55.6 Å². The third-order valence-electron chi connectivity index (χ3n) is 7.65. The first-order valence-electron chi connectivity index (χ1n) is 13.5. The molecule has 2 aliphatic heterocycles. The zero-order valence-corrected chi connectivity index (χ0v) is 28.6. The van der Waals surface area contributed by atoms with Crippen molar-refractivity contribution < 1.29 is 42.2 Å². The van der Waals surface area contributed by atoms with E-state index in [1.165, 1.54) is 42.1 Å². The Kier molecular flexibility index (Phi) is 9.66. The molecule has 0 radical (unpaired) electrons. The average Bonchev–Trinajstić information content (AvgIpc) is 3.76. The molecule has 0 aromatic carbocycles. The van der Waals surface area contributed by atoms with Gasteiger partial charge in [-0.3, -0.25) is 23.4 Å². The van der Waals surface area contributed by atoms with E-state index >= 15 is 4.39 Å². The summed E-state index contributed by atoms with van der Waals surface area (Å²) in [5, 5.41) is 11.3. The van der Waals surface area contributed by atoms with Crippen LogP contribution in [0.3, 0.4) is 0 Å². The Hall–Kier alpha value is -2.37. The van der Waals surface area contributed by atoms with Crippen molar-refractivity contribution in [3.8, 4) is 0 Å². The van der Waals surface area contributed by atoms with E-state index in [2.05, 4.69) is 42.2 Å². The minimum absolute atomic E-state index is 0.0452. The maximum atomic E-state index is 15.9. The number of imidazole rings is 2. The normalized spacial score (nSPS) is 31.1. The molecule has 25 heteroatoms. The fraction of sp³-hybridized carbons (Fsp3) is 0.545. The number of aromatic amines is 1. The first-order chi connectivity index (χ1) is 22.2. The van der Waals surface area contributed by atoms with Crippen molar-refractivity contribution in [1.29, 1.82) is 0 Å². The van der Waals surface area contributed by atoms with Crippen molar-refractivity contribution in [3.05, 3.63) is 29.3 Å². The second kappa shape index (κ2) is 13.2. The number of hydrogen-bond donors (Lipinski definition) is 6. The lowest BCUT2D eigenvalue weighted by atomic mass is 9.98. The summed E-state index contributed by atoms with van der Waals surface area (Å²) in [6.45, 7) is -3.66. The molecule has 0 bridgehead atoms. The molecule has 47 heavy (non-hydrogen) atoms. The van der Waals surface area contributed by atoms with Crippen LogP contribution >= 0.6 is 25.1 Å². The zero-order chi connectivity index (χ0) is 33.8. The summed E-state index contributed by atoms with van der Waals surface area (Å²) in [4.78, 5) is 46.4. The van der Waals surface area contributed by atoms with Gasteiger partial charge in [0.15, 0.2) is 41.3 Å². The van der Waals surface area contributed by atoms with E-state index in [1.54, 1.807) is 0 Å². The Bertz CT molecular complexity index is 1940. The van der Waals surface area contributed by atoms with Gasteiger partial charge in [-0.2, -0.15) is 9.51 Å². The van der Waals surface area contributed by atoms with E-state index in [-0.39, 0.29) is 29.5 Å². The summed E-state index contributed by atoms with van der Waals surface area (Å²) in [5.41, 5.74) is 9.93. The first kappa shape index (κ1) is 34.5. The number of nitrogen functional groups attached to an aromatic ring is 2. The van der Waals surface area contributed by atoms with Crippen molar-refractivity contribution >= 4 is 82.8 Å². The number of aliphatic hydroxyl groups excluding tert-OH is 1. The molecule has 2 unspecified atom stereocenters. The molecule has 19 nitrogen and oxygen atoms in total. The third-order valence-corrected chi connectivity index (χ3v) is 10.2. The fourth-order valence-electron chi connectivity index (χ4n) is 5.38. The molecule has 10 atom stereocenters. The number of methoxy groups -OCH3 is 1. The number of nitrogens with one attached hydrogen (secondary N) is 1. The van der Waals surface area contributed by atoms with Gasteiger partial charge in [-0.05, 0) is 18.7 Å². The van der Waals surface area contributed by atoms with Crippen LogP contribution in [0.4, 0.5) is 16.2 Å². The summed E-state index contributed by atoms with van der Waals surface area (Å²) in [6.07, 6.45) is -7.22. The van der Waals surface area contributed by atoms with Gasteiger partial charge in [0.05, 0.1) is 19.3 Å². The number of H-pyrrole nitrogens is 1. The molecule has 0 saturated carbocycles. The summed E-state index contributed by atoms with van der Waals surface area (Å²) in [6, 6.07) is 0. The molecular weight excluding hydrogens is 725 g/mol. The van der Waals surface area contributed by atoms with Crippen LogP contribution in [-0.4, -0.2) is 106 Å². The number of aromatic nitrogens is 8. The van der Waals surface area contributed by atoms with Crippen molar-refractivity contribution in [3.63, 3.8) is 0 Å². The monoisotopic (exact) mass is 753 g/mol. The second-order valence-corrected chi connectivity index (χ2v) is 17.1. The number of halogens is 1. The number of thiol groups is 1. The molecule has 6 heterocycles. The number of rotatable bonds is 11. The quantitative estimate of drug-likeness (QED) is 0.0893. The molecule has 0 amide bonds. The van der Waals surface area contributed by atoms with Gasteiger partial charge in [0.2, 0.25) is 17.8 Å². The van der Waals surface area contributed by atoms with E-state index in [1.807, 2.05) is 0 Å². The fourth-order valence-corrected chi connectivity index (χ4v) is 7.50. The lowest BCUT2D eigenvalue weighted by Gasteiger charge is -2.30. The van der Waals surface area contributed by atoms with E-state index < -0.39 is 73.7 Å². The number of aliphatic hydroxyl groups is 1. The minimum Gasteiger partial charge on any atom is -0.387 e. The molecule has 0 spiro atoms. The Morgan fingerprint density at radius 2 is 1.89 bits per heavy atom. The number of nitrogens with zero attached hydrogens (tertiary/aromatic N) is 7. The molecule has 254 valence electrons. The highest BCUT2D eigenvalue weighted by Gasteiger charge is 2.55. The summed E-state index contributed by atoms with van der Waals surface area (Å²) in [7, 11) is 1.37. The number of ether oxygens (including phenoxy) is 3. The van der Waals surface area contributed by atoms with Gasteiger partial charge < -0.3 is 40.2 Å². The highest BCUT2D eigenvalue weighted by atomic mass is 32.9. The van der Waals surface area contributed by atoms with Gasteiger partial charge in [0.25, 0.3) is 5.56 Å². The molecule has 6 rings (SSSR count). The molecule has 7 N–H and O–H groups in total. The van der Waals surface area contributed by atoms with E-state index in [0.29, 0.717) is 11.2 Å². The lowest BCUT2D eigenvalue weighted by molar-refractivity contribution is -0.114. The van der Waals surface area contributed by atoms with Crippen molar-refractivity contribution in [2.24, 2.45) is 0 Å². The van der Waals surface area contributed by atoms with E-state index in [9.17, 15) is 14.8 Å². The Labute approximate surface area is 280 Å². The van der Waals surface area contributed by atoms with Crippen LogP contribution in [0.15, 0.2) is 23.8 Å². The predicted octanol–water partition coefficient (Wildman–Crippen LogP) is 0.362. The Balaban J connectivity index is 1.24. The second-order valence-electron chi connectivity index (χ2n) is 10.7. The van der Waals surface area contributed by atoms with Gasteiger partial charge in [-0.15, -0.1) is 0 Å². The van der Waals surface area contributed by atoms with Gasteiger partial charge in [-0.25, -0.2) is 24.3 Å². The summed E-state index contributed by atoms with van der Waals surface area (Å²) >= 11 is 14.3. The third kappa shape index (κ3) is 6.53.